The zero-order valence-corrected chi connectivity index (χ0v) is 24.8. The summed E-state index contributed by atoms with van der Waals surface area (Å²) in [5, 5.41) is 0. The Kier molecular flexibility index (Phi) is 7.75. The number of benzene rings is 2. The molecule has 2 aromatic carbocycles. The van der Waals surface area contributed by atoms with Crippen LogP contribution in [0.25, 0.3) is 11.7 Å². The maximum Gasteiger partial charge on any atom is 0.267 e. The Bertz CT molecular complexity index is 1710. The van der Waals surface area contributed by atoms with Gasteiger partial charge in [0.05, 0.1) is 17.0 Å². The highest BCUT2D eigenvalue weighted by Crippen LogP contribution is 2.34. The molecule has 0 unspecified atom stereocenters. The summed E-state index contributed by atoms with van der Waals surface area (Å²) in [5.41, 5.74) is 5.22. The van der Waals surface area contributed by atoms with Crippen LogP contribution < -0.4 is 10.5 Å². The smallest absolute Gasteiger partial charge is 0.267 e. The molecule has 0 atom stereocenters. The van der Waals surface area contributed by atoms with Crippen LogP contribution in [0.4, 0.5) is 5.82 Å². The van der Waals surface area contributed by atoms with E-state index in [9.17, 15) is 9.59 Å². The molecule has 2 aliphatic rings. The monoisotopic (exact) mass is 581 g/mol. The van der Waals surface area contributed by atoms with Gasteiger partial charge in [-0.3, -0.25) is 23.8 Å². The van der Waals surface area contributed by atoms with Gasteiger partial charge in [-0.2, -0.15) is 0 Å². The summed E-state index contributed by atoms with van der Waals surface area (Å²) in [7, 11) is 0. The van der Waals surface area contributed by atoms with Gasteiger partial charge in [-0.1, -0.05) is 90.2 Å². The first-order valence-corrected chi connectivity index (χ1v) is 14.9. The van der Waals surface area contributed by atoms with Crippen LogP contribution in [0.15, 0.2) is 82.6 Å². The number of anilines is 1. The lowest BCUT2D eigenvalue weighted by molar-refractivity contribution is -0.122. The number of thiocarbonyl (C=S) groups is 1. The van der Waals surface area contributed by atoms with Gasteiger partial charge in [-0.15, -0.1) is 0 Å². The topological polar surface area (TPSA) is 61.2 Å². The molecular formula is C32H31N5O2S2. The molecule has 1 amide bonds. The lowest BCUT2D eigenvalue weighted by Crippen LogP contribution is -2.47. The fourth-order valence-corrected chi connectivity index (χ4v) is 6.45. The zero-order valence-electron chi connectivity index (χ0n) is 23.1. The first-order valence-electron chi connectivity index (χ1n) is 13.7. The van der Waals surface area contributed by atoms with Gasteiger partial charge in [-0.05, 0) is 42.7 Å². The molecule has 0 spiro atoms. The van der Waals surface area contributed by atoms with Gasteiger partial charge in [-0.25, -0.2) is 4.98 Å². The van der Waals surface area contributed by atoms with Crippen LogP contribution in [0.2, 0.25) is 0 Å². The van der Waals surface area contributed by atoms with Crippen molar-refractivity contribution in [3.05, 3.63) is 116 Å². The number of rotatable bonds is 6. The Balaban J connectivity index is 1.31. The van der Waals surface area contributed by atoms with E-state index >= 15 is 0 Å². The van der Waals surface area contributed by atoms with Gasteiger partial charge >= 0.3 is 0 Å². The van der Waals surface area contributed by atoms with Crippen LogP contribution in [0, 0.1) is 13.8 Å². The number of piperazine rings is 1. The van der Waals surface area contributed by atoms with Crippen molar-refractivity contribution in [1.29, 1.82) is 0 Å². The molecule has 9 heteroatoms. The third kappa shape index (κ3) is 5.84. The van der Waals surface area contributed by atoms with Gasteiger partial charge in [0.2, 0.25) is 0 Å². The summed E-state index contributed by atoms with van der Waals surface area (Å²) in [6.07, 6.45) is 3.50. The second-order valence-electron chi connectivity index (χ2n) is 10.6. The molecule has 41 heavy (non-hydrogen) atoms. The summed E-state index contributed by atoms with van der Waals surface area (Å²) < 4.78 is 2.06. The predicted molar refractivity (Wildman–Crippen MR) is 170 cm³/mol. The van der Waals surface area contributed by atoms with Crippen molar-refractivity contribution in [3.8, 4) is 0 Å². The summed E-state index contributed by atoms with van der Waals surface area (Å²) >= 11 is 6.84. The Morgan fingerprint density at radius 1 is 0.854 bits per heavy atom. The molecular weight excluding hydrogens is 551 g/mol. The molecule has 2 aliphatic heterocycles. The SMILES string of the molecule is Cc1ccc(CN2C(=O)C(=Cc3c(N4CCN(Cc5ccccc5)CC4)nc4ccc(C)cn4c3=O)SC2=S)cc1. The number of hydrogen-bond acceptors (Lipinski definition) is 7. The van der Waals surface area contributed by atoms with Crippen LogP contribution in [0.1, 0.15) is 27.8 Å². The number of hydrogen-bond donors (Lipinski definition) is 0. The fraction of sp³-hybridized carbons (Fsp3) is 0.250. The molecule has 2 saturated heterocycles. The highest BCUT2D eigenvalue weighted by molar-refractivity contribution is 8.26. The predicted octanol–water partition coefficient (Wildman–Crippen LogP) is 5.03. The molecule has 2 fully saturated rings. The first kappa shape index (κ1) is 27.4. The lowest BCUT2D eigenvalue weighted by Gasteiger charge is -2.36. The first-order chi connectivity index (χ1) is 19.9. The van der Waals surface area contributed by atoms with Crippen molar-refractivity contribution in [1.82, 2.24) is 19.2 Å². The summed E-state index contributed by atoms with van der Waals surface area (Å²) in [6, 6.07) is 22.4. The second-order valence-corrected chi connectivity index (χ2v) is 12.3. The number of fused-ring (bicyclic) bond motifs is 1. The largest absolute Gasteiger partial charge is 0.353 e. The highest BCUT2D eigenvalue weighted by atomic mass is 32.2. The number of aryl methyl sites for hydroxylation is 2. The van der Waals surface area contributed by atoms with Crippen molar-refractivity contribution < 1.29 is 4.79 Å². The zero-order chi connectivity index (χ0) is 28.5. The highest BCUT2D eigenvalue weighted by Gasteiger charge is 2.33. The molecule has 0 saturated carbocycles. The van der Waals surface area contributed by atoms with Crippen molar-refractivity contribution in [2.24, 2.45) is 0 Å². The molecule has 4 heterocycles. The number of carbonyl (C=O) groups is 1. The average Bonchev–Trinajstić information content (AvgIpc) is 3.24. The molecule has 4 aromatic rings. The molecule has 2 aromatic heterocycles. The molecule has 0 N–H and O–H groups in total. The van der Waals surface area contributed by atoms with Gasteiger partial charge in [0.1, 0.15) is 15.8 Å². The molecule has 0 radical (unpaired) electrons. The van der Waals surface area contributed by atoms with Crippen LogP contribution in [0.3, 0.4) is 0 Å². The van der Waals surface area contributed by atoms with E-state index in [4.69, 9.17) is 17.2 Å². The second kappa shape index (κ2) is 11.6. The van der Waals surface area contributed by atoms with Crippen LogP contribution in [-0.4, -0.2) is 55.6 Å². The van der Waals surface area contributed by atoms with Gasteiger partial charge in [0, 0.05) is 38.9 Å². The number of thioether (sulfide) groups is 1. The third-order valence-corrected chi connectivity index (χ3v) is 8.89. The normalized spacial score (nSPS) is 17.3. The summed E-state index contributed by atoms with van der Waals surface area (Å²) in [4.78, 5) is 39.0. The number of carbonyl (C=O) groups excluding carboxylic acids is 1. The minimum Gasteiger partial charge on any atom is -0.353 e. The van der Waals surface area contributed by atoms with E-state index < -0.39 is 0 Å². The third-order valence-electron chi connectivity index (χ3n) is 7.52. The number of nitrogens with zero attached hydrogens (tertiary/aromatic N) is 5. The Morgan fingerprint density at radius 2 is 1.54 bits per heavy atom. The Morgan fingerprint density at radius 3 is 2.27 bits per heavy atom. The van der Waals surface area contributed by atoms with E-state index in [0.29, 0.717) is 32.8 Å². The minimum atomic E-state index is -0.191. The maximum atomic E-state index is 13.9. The van der Waals surface area contributed by atoms with Crippen LogP contribution in [0.5, 0.6) is 0 Å². The molecule has 6 rings (SSSR count). The number of amides is 1. The van der Waals surface area contributed by atoms with Gasteiger partial charge in [0.25, 0.3) is 11.5 Å². The van der Waals surface area contributed by atoms with E-state index in [1.807, 2.05) is 56.3 Å². The van der Waals surface area contributed by atoms with E-state index in [1.165, 1.54) is 17.3 Å². The summed E-state index contributed by atoms with van der Waals surface area (Å²) in [6.45, 7) is 8.42. The Hall–Kier alpha value is -3.79. The van der Waals surface area contributed by atoms with E-state index in [-0.39, 0.29) is 11.5 Å². The van der Waals surface area contributed by atoms with Crippen LogP contribution in [-0.2, 0) is 17.9 Å². The molecule has 208 valence electrons. The van der Waals surface area contributed by atoms with E-state index in [2.05, 4.69) is 34.1 Å². The van der Waals surface area contributed by atoms with Crippen molar-refractivity contribution >= 4 is 51.7 Å². The number of aromatic nitrogens is 2. The molecule has 0 aliphatic carbocycles. The maximum absolute atomic E-state index is 13.9. The molecule has 7 nitrogen and oxygen atoms in total. The quantitative estimate of drug-likeness (QED) is 0.234. The average molecular weight is 582 g/mol. The Labute approximate surface area is 249 Å². The van der Waals surface area contributed by atoms with Crippen molar-refractivity contribution in [3.63, 3.8) is 0 Å². The minimum absolute atomic E-state index is 0.187. The summed E-state index contributed by atoms with van der Waals surface area (Å²) in [5.74, 6) is 0.426. The van der Waals surface area contributed by atoms with E-state index in [0.717, 1.165) is 49.4 Å². The van der Waals surface area contributed by atoms with Crippen molar-refractivity contribution in [2.45, 2.75) is 26.9 Å². The standard InChI is InChI=1S/C32H31N5O2S2/c1-22-8-11-25(12-9-22)21-37-31(39)27(41-32(37)40)18-26-29(33-28-13-10-23(2)19-36(28)30(26)38)35-16-14-34(15-17-35)20-24-6-4-3-5-7-24/h3-13,18-19H,14-17,20-21H2,1-2H3. The lowest BCUT2D eigenvalue weighted by atomic mass is 10.1. The van der Waals surface area contributed by atoms with E-state index in [1.54, 1.807) is 21.6 Å². The number of pyridine rings is 1. The fourth-order valence-electron chi connectivity index (χ4n) is 5.22. The van der Waals surface area contributed by atoms with Gasteiger partial charge < -0.3 is 4.90 Å². The van der Waals surface area contributed by atoms with Gasteiger partial charge in [0.15, 0.2) is 0 Å². The van der Waals surface area contributed by atoms with Crippen molar-refractivity contribution in [2.75, 3.05) is 31.1 Å². The molecule has 0 bridgehead atoms. The van der Waals surface area contributed by atoms with Crippen LogP contribution >= 0.6 is 24.0 Å².